The number of hydrogen-bond acceptors (Lipinski definition) is 1. The lowest BCUT2D eigenvalue weighted by molar-refractivity contribution is -0.0276. The van der Waals surface area contributed by atoms with Gasteiger partial charge in [-0.05, 0) is 37.0 Å². The smallest absolute Gasteiger partial charge is 0.0650 e. The lowest BCUT2D eigenvalue weighted by Gasteiger charge is -2.37. The second-order valence-electron chi connectivity index (χ2n) is 6.49. The summed E-state index contributed by atoms with van der Waals surface area (Å²) in [6, 6.07) is 0. The molecule has 0 aromatic rings. The highest BCUT2D eigenvalue weighted by Gasteiger charge is 2.33. The fourth-order valence-electron chi connectivity index (χ4n) is 2.47. The molecular formula is C13H26O. The lowest BCUT2D eigenvalue weighted by Crippen LogP contribution is -2.35. The van der Waals surface area contributed by atoms with Gasteiger partial charge in [0.1, 0.15) is 0 Å². The third-order valence-electron chi connectivity index (χ3n) is 3.41. The minimum absolute atomic E-state index is 0.342. The van der Waals surface area contributed by atoms with E-state index in [2.05, 4.69) is 27.7 Å². The summed E-state index contributed by atoms with van der Waals surface area (Å²) in [6.45, 7) is 9.02. The van der Waals surface area contributed by atoms with E-state index >= 15 is 0 Å². The van der Waals surface area contributed by atoms with Crippen molar-refractivity contribution >= 4 is 0 Å². The molecule has 0 aromatic carbocycles. The van der Waals surface area contributed by atoms with Gasteiger partial charge >= 0.3 is 0 Å². The van der Waals surface area contributed by atoms with E-state index in [0.717, 1.165) is 25.7 Å². The molecule has 0 radical (unpaired) electrons. The Morgan fingerprint density at radius 2 is 2.00 bits per heavy atom. The zero-order valence-electron chi connectivity index (χ0n) is 10.3. The molecule has 0 aliphatic heterocycles. The van der Waals surface area contributed by atoms with Crippen molar-refractivity contribution < 1.29 is 5.11 Å². The minimum Gasteiger partial charge on any atom is -0.390 e. The van der Waals surface area contributed by atoms with Crippen molar-refractivity contribution in [1.29, 1.82) is 0 Å². The van der Waals surface area contributed by atoms with Gasteiger partial charge in [0.25, 0.3) is 0 Å². The first-order chi connectivity index (χ1) is 6.31. The van der Waals surface area contributed by atoms with Crippen LogP contribution < -0.4 is 0 Å². The van der Waals surface area contributed by atoms with Crippen molar-refractivity contribution in [2.45, 2.75) is 71.8 Å². The van der Waals surface area contributed by atoms with E-state index in [-0.39, 0.29) is 5.60 Å². The molecule has 0 bridgehead atoms. The van der Waals surface area contributed by atoms with Gasteiger partial charge in [0, 0.05) is 0 Å². The Morgan fingerprint density at radius 1 is 1.36 bits per heavy atom. The van der Waals surface area contributed by atoms with Crippen LogP contribution in [0.25, 0.3) is 0 Å². The summed E-state index contributed by atoms with van der Waals surface area (Å²) in [5, 5.41) is 10.4. The van der Waals surface area contributed by atoms with E-state index in [0.29, 0.717) is 11.3 Å². The van der Waals surface area contributed by atoms with Crippen molar-refractivity contribution in [3.8, 4) is 0 Å². The Morgan fingerprint density at radius 3 is 2.50 bits per heavy atom. The van der Waals surface area contributed by atoms with Crippen LogP contribution in [-0.4, -0.2) is 10.7 Å². The maximum atomic E-state index is 10.4. The summed E-state index contributed by atoms with van der Waals surface area (Å²) in [7, 11) is 0. The topological polar surface area (TPSA) is 20.2 Å². The lowest BCUT2D eigenvalue weighted by atomic mass is 9.74. The van der Waals surface area contributed by atoms with E-state index in [4.69, 9.17) is 0 Å². The van der Waals surface area contributed by atoms with Crippen LogP contribution in [0.2, 0.25) is 0 Å². The van der Waals surface area contributed by atoms with Crippen LogP contribution in [-0.2, 0) is 0 Å². The van der Waals surface area contributed by atoms with Crippen molar-refractivity contribution in [2.24, 2.45) is 11.3 Å². The maximum absolute atomic E-state index is 10.4. The van der Waals surface area contributed by atoms with E-state index in [9.17, 15) is 5.11 Å². The van der Waals surface area contributed by atoms with Gasteiger partial charge in [-0.2, -0.15) is 0 Å². The molecule has 1 aliphatic rings. The Bertz CT molecular complexity index is 180. The molecule has 1 rings (SSSR count). The van der Waals surface area contributed by atoms with E-state index < -0.39 is 0 Å². The molecule has 2 unspecified atom stereocenters. The maximum Gasteiger partial charge on any atom is 0.0650 e. The molecule has 14 heavy (non-hydrogen) atoms. The van der Waals surface area contributed by atoms with Gasteiger partial charge in [0.05, 0.1) is 5.60 Å². The molecule has 1 saturated carbocycles. The number of hydrogen-bond donors (Lipinski definition) is 1. The average molecular weight is 198 g/mol. The monoisotopic (exact) mass is 198 g/mol. The molecule has 1 nitrogen and oxygen atoms in total. The van der Waals surface area contributed by atoms with Crippen molar-refractivity contribution in [2.75, 3.05) is 0 Å². The summed E-state index contributed by atoms with van der Waals surface area (Å²) in [5.74, 6) is 0.716. The van der Waals surface area contributed by atoms with Crippen LogP contribution in [0.4, 0.5) is 0 Å². The fourth-order valence-corrected chi connectivity index (χ4v) is 2.47. The SMILES string of the molecule is CC1CCCC(O)(CCC(C)(C)C)C1. The largest absolute Gasteiger partial charge is 0.390 e. The van der Waals surface area contributed by atoms with Crippen molar-refractivity contribution in [3.63, 3.8) is 0 Å². The van der Waals surface area contributed by atoms with Gasteiger partial charge in [-0.1, -0.05) is 40.5 Å². The average Bonchev–Trinajstić information content (AvgIpc) is 1.99. The van der Waals surface area contributed by atoms with Crippen LogP contribution in [0.3, 0.4) is 0 Å². The Balaban J connectivity index is 2.41. The van der Waals surface area contributed by atoms with E-state index in [1.165, 1.54) is 12.8 Å². The summed E-state index contributed by atoms with van der Waals surface area (Å²) >= 11 is 0. The first-order valence-electron chi connectivity index (χ1n) is 6.03. The van der Waals surface area contributed by atoms with Gasteiger partial charge in [-0.15, -0.1) is 0 Å². The molecular weight excluding hydrogens is 172 g/mol. The van der Waals surface area contributed by atoms with Gasteiger partial charge in [0.2, 0.25) is 0 Å². The van der Waals surface area contributed by atoms with Gasteiger partial charge in [-0.3, -0.25) is 0 Å². The third-order valence-corrected chi connectivity index (χ3v) is 3.41. The van der Waals surface area contributed by atoms with Crippen molar-refractivity contribution in [1.82, 2.24) is 0 Å². The Kier molecular flexibility index (Phi) is 3.63. The predicted octanol–water partition coefficient (Wildman–Crippen LogP) is 3.75. The molecule has 1 fully saturated rings. The highest BCUT2D eigenvalue weighted by Crippen LogP contribution is 2.37. The van der Waals surface area contributed by atoms with Crippen LogP contribution in [0.15, 0.2) is 0 Å². The first-order valence-corrected chi connectivity index (χ1v) is 6.03. The molecule has 0 amide bonds. The molecule has 1 aliphatic carbocycles. The predicted molar refractivity (Wildman–Crippen MR) is 61.3 cm³/mol. The fraction of sp³-hybridized carbons (Fsp3) is 1.00. The number of rotatable bonds is 2. The number of aliphatic hydroxyl groups is 1. The van der Waals surface area contributed by atoms with Crippen LogP contribution in [0.5, 0.6) is 0 Å². The van der Waals surface area contributed by atoms with Crippen LogP contribution >= 0.6 is 0 Å². The summed E-state index contributed by atoms with van der Waals surface area (Å²) in [5.41, 5.74) is 0.0152. The summed E-state index contributed by atoms with van der Waals surface area (Å²) in [6.07, 6.45) is 6.67. The van der Waals surface area contributed by atoms with Crippen LogP contribution in [0, 0.1) is 11.3 Å². The minimum atomic E-state index is -0.342. The van der Waals surface area contributed by atoms with Crippen molar-refractivity contribution in [3.05, 3.63) is 0 Å². The molecule has 0 saturated heterocycles. The second-order valence-corrected chi connectivity index (χ2v) is 6.49. The van der Waals surface area contributed by atoms with E-state index in [1.54, 1.807) is 0 Å². The summed E-state index contributed by atoms with van der Waals surface area (Å²) < 4.78 is 0. The summed E-state index contributed by atoms with van der Waals surface area (Å²) in [4.78, 5) is 0. The zero-order valence-corrected chi connectivity index (χ0v) is 10.3. The van der Waals surface area contributed by atoms with Gasteiger partial charge < -0.3 is 5.11 Å². The standard InChI is InChI=1S/C13H26O/c1-11-6-5-7-13(14,10-11)9-8-12(2,3)4/h11,14H,5-10H2,1-4H3. The molecule has 84 valence electrons. The first kappa shape index (κ1) is 12.0. The molecule has 1 N–H and O–H groups in total. The Labute approximate surface area is 88.9 Å². The quantitative estimate of drug-likeness (QED) is 0.716. The van der Waals surface area contributed by atoms with E-state index in [1.807, 2.05) is 0 Å². The normalized spacial score (nSPS) is 34.5. The molecule has 0 spiro atoms. The highest BCUT2D eigenvalue weighted by atomic mass is 16.3. The zero-order chi connectivity index (χ0) is 10.8. The molecule has 0 heterocycles. The van der Waals surface area contributed by atoms with Crippen LogP contribution in [0.1, 0.15) is 66.2 Å². The molecule has 2 atom stereocenters. The van der Waals surface area contributed by atoms with Gasteiger partial charge in [-0.25, -0.2) is 0 Å². The Hall–Kier alpha value is -0.0400. The molecule has 1 heteroatoms. The van der Waals surface area contributed by atoms with Gasteiger partial charge in [0.15, 0.2) is 0 Å². The second kappa shape index (κ2) is 4.22. The molecule has 0 aromatic heterocycles. The third kappa shape index (κ3) is 4.00. The highest BCUT2D eigenvalue weighted by molar-refractivity contribution is 4.86.